The maximum absolute atomic E-state index is 13.9. The molecule has 0 unspecified atom stereocenters. The van der Waals surface area contributed by atoms with Crippen molar-refractivity contribution in [3.8, 4) is 5.75 Å². The maximum Gasteiger partial charge on any atom is 0.346 e. The Balaban J connectivity index is 1.66. The molecule has 2 amide bonds. The monoisotopic (exact) mass is 379 g/mol. The molecule has 2 atom stereocenters. The van der Waals surface area contributed by atoms with E-state index in [-0.39, 0.29) is 28.8 Å². The fraction of sp³-hybridized carbons (Fsp3) is 0.227. The first-order chi connectivity index (χ1) is 13.5. The van der Waals surface area contributed by atoms with Crippen molar-refractivity contribution in [2.45, 2.75) is 19.8 Å². The van der Waals surface area contributed by atoms with Gasteiger partial charge in [0.15, 0.2) is 5.75 Å². The summed E-state index contributed by atoms with van der Waals surface area (Å²) >= 11 is 0. The largest absolute Gasteiger partial charge is 0.421 e. The normalized spacial score (nSPS) is 21.4. The number of halogens is 1. The third-order valence-electron chi connectivity index (χ3n) is 5.23. The van der Waals surface area contributed by atoms with Gasteiger partial charge in [-0.25, -0.2) is 14.1 Å². The number of anilines is 1. The van der Waals surface area contributed by atoms with Crippen molar-refractivity contribution in [2.75, 3.05) is 4.90 Å². The summed E-state index contributed by atoms with van der Waals surface area (Å²) in [6, 6.07) is 11.8. The molecule has 6 heteroatoms. The van der Waals surface area contributed by atoms with Gasteiger partial charge < -0.3 is 4.74 Å². The zero-order valence-corrected chi connectivity index (χ0v) is 15.2. The molecule has 0 aromatic heterocycles. The average molecular weight is 379 g/mol. The zero-order chi connectivity index (χ0) is 19.8. The number of ether oxygens (including phenoxy) is 1. The van der Waals surface area contributed by atoms with Crippen molar-refractivity contribution < 1.29 is 23.5 Å². The standard InChI is InChI=1S/C22H18FNO4/c1-13-10-11-14-16(12-13)21(26)24(20(14)25)18-8-4-5-9-19(18)28-22(27)15-6-2-3-7-17(15)23/h2-10,14,16H,11-12H2,1H3/t14-,16+/m1/s1. The van der Waals surface area contributed by atoms with Crippen LogP contribution in [0.25, 0.3) is 0 Å². The van der Waals surface area contributed by atoms with Crippen molar-refractivity contribution in [2.24, 2.45) is 11.8 Å². The summed E-state index contributed by atoms with van der Waals surface area (Å²) in [6.07, 6.45) is 3.05. The lowest BCUT2D eigenvalue weighted by Gasteiger charge is -2.19. The van der Waals surface area contributed by atoms with Crippen molar-refractivity contribution in [3.05, 3.63) is 71.6 Å². The van der Waals surface area contributed by atoms with E-state index in [4.69, 9.17) is 4.74 Å². The Labute approximate surface area is 161 Å². The summed E-state index contributed by atoms with van der Waals surface area (Å²) in [4.78, 5) is 39.3. The molecule has 5 nitrogen and oxygen atoms in total. The number of nitrogens with zero attached hydrogens (tertiary/aromatic N) is 1. The number of esters is 1. The number of hydrogen-bond donors (Lipinski definition) is 0. The highest BCUT2D eigenvalue weighted by Gasteiger charge is 2.49. The lowest BCUT2D eigenvalue weighted by molar-refractivity contribution is -0.122. The fourth-order valence-electron chi connectivity index (χ4n) is 3.78. The van der Waals surface area contributed by atoms with Crippen LogP contribution in [0, 0.1) is 17.7 Å². The average Bonchev–Trinajstić information content (AvgIpc) is 2.92. The van der Waals surface area contributed by atoms with E-state index in [2.05, 4.69) is 0 Å². The second-order valence-corrected chi connectivity index (χ2v) is 7.05. The van der Waals surface area contributed by atoms with Crippen molar-refractivity contribution >= 4 is 23.5 Å². The van der Waals surface area contributed by atoms with E-state index in [0.29, 0.717) is 12.8 Å². The van der Waals surface area contributed by atoms with E-state index >= 15 is 0 Å². The quantitative estimate of drug-likeness (QED) is 0.351. The number of benzene rings is 2. The molecule has 2 aromatic carbocycles. The van der Waals surface area contributed by atoms with Crippen LogP contribution in [0.5, 0.6) is 5.75 Å². The summed E-state index contributed by atoms with van der Waals surface area (Å²) in [5.41, 5.74) is 1.07. The fourth-order valence-corrected chi connectivity index (χ4v) is 3.78. The summed E-state index contributed by atoms with van der Waals surface area (Å²) in [5, 5.41) is 0. The van der Waals surface area contributed by atoms with Crippen LogP contribution in [-0.2, 0) is 9.59 Å². The van der Waals surface area contributed by atoms with Gasteiger partial charge in [0.2, 0.25) is 11.8 Å². The predicted octanol–water partition coefficient (Wildman–Crippen LogP) is 3.89. The van der Waals surface area contributed by atoms with Gasteiger partial charge in [-0.1, -0.05) is 35.9 Å². The molecule has 1 heterocycles. The smallest absolute Gasteiger partial charge is 0.346 e. The molecule has 0 radical (unpaired) electrons. The Morgan fingerprint density at radius 3 is 2.50 bits per heavy atom. The molecule has 4 rings (SSSR count). The van der Waals surface area contributed by atoms with Gasteiger partial charge in [0.1, 0.15) is 5.82 Å². The molecule has 1 aliphatic heterocycles. The third-order valence-corrected chi connectivity index (χ3v) is 5.23. The Hall–Kier alpha value is -3.28. The molecule has 2 aromatic rings. The van der Waals surface area contributed by atoms with Crippen molar-refractivity contribution in [1.29, 1.82) is 0 Å². The topological polar surface area (TPSA) is 63.7 Å². The number of para-hydroxylation sites is 2. The van der Waals surface area contributed by atoms with Gasteiger partial charge in [-0.15, -0.1) is 0 Å². The predicted molar refractivity (Wildman–Crippen MR) is 100 cm³/mol. The number of fused-ring (bicyclic) bond motifs is 1. The lowest BCUT2D eigenvalue weighted by Crippen LogP contribution is -2.31. The molecule has 2 aliphatic rings. The molecule has 0 N–H and O–H groups in total. The molecule has 0 spiro atoms. The molecule has 1 aliphatic carbocycles. The summed E-state index contributed by atoms with van der Waals surface area (Å²) in [6.45, 7) is 1.95. The third kappa shape index (κ3) is 3.01. The Morgan fingerprint density at radius 1 is 1.04 bits per heavy atom. The number of hydrogen-bond acceptors (Lipinski definition) is 4. The van der Waals surface area contributed by atoms with Crippen LogP contribution in [0.3, 0.4) is 0 Å². The van der Waals surface area contributed by atoms with E-state index in [1.807, 2.05) is 13.0 Å². The molecular weight excluding hydrogens is 361 g/mol. The molecule has 0 bridgehead atoms. The van der Waals surface area contributed by atoms with Crippen molar-refractivity contribution in [1.82, 2.24) is 0 Å². The van der Waals surface area contributed by atoms with Crippen LogP contribution in [0.4, 0.5) is 10.1 Å². The van der Waals surface area contributed by atoms with E-state index in [1.54, 1.807) is 18.2 Å². The first kappa shape index (κ1) is 18.1. The number of allylic oxidation sites excluding steroid dienone is 2. The zero-order valence-electron chi connectivity index (χ0n) is 15.2. The van der Waals surface area contributed by atoms with Crippen LogP contribution in [0.15, 0.2) is 60.2 Å². The number of rotatable bonds is 3. The van der Waals surface area contributed by atoms with Gasteiger partial charge in [-0.2, -0.15) is 0 Å². The first-order valence-corrected chi connectivity index (χ1v) is 9.06. The van der Waals surface area contributed by atoms with Gasteiger partial charge >= 0.3 is 5.97 Å². The van der Waals surface area contributed by atoms with Crippen LogP contribution >= 0.6 is 0 Å². The van der Waals surface area contributed by atoms with Gasteiger partial charge in [0, 0.05) is 0 Å². The van der Waals surface area contributed by atoms with Gasteiger partial charge in [-0.05, 0) is 44.0 Å². The SMILES string of the molecule is CC1=CC[C@H]2C(=O)N(c3ccccc3OC(=O)c3ccccc3F)C(=O)[C@H]2C1. The number of imide groups is 1. The van der Waals surface area contributed by atoms with E-state index in [0.717, 1.165) is 16.5 Å². The summed E-state index contributed by atoms with van der Waals surface area (Å²) in [5.74, 6) is -2.93. The second kappa shape index (κ2) is 7.03. The molecule has 0 saturated carbocycles. The number of carbonyl (C=O) groups is 3. The lowest BCUT2D eigenvalue weighted by atomic mass is 9.82. The van der Waals surface area contributed by atoms with Gasteiger partial charge in [-0.3, -0.25) is 9.59 Å². The molecular formula is C22H18FNO4. The van der Waals surface area contributed by atoms with Crippen molar-refractivity contribution in [3.63, 3.8) is 0 Å². The van der Waals surface area contributed by atoms with Gasteiger partial charge in [0.25, 0.3) is 0 Å². The minimum Gasteiger partial charge on any atom is -0.421 e. The van der Waals surface area contributed by atoms with E-state index in [9.17, 15) is 18.8 Å². The first-order valence-electron chi connectivity index (χ1n) is 9.06. The molecule has 1 fully saturated rings. The number of carbonyl (C=O) groups excluding carboxylic acids is 3. The van der Waals surface area contributed by atoms with E-state index < -0.39 is 23.6 Å². The van der Waals surface area contributed by atoms with Crippen LogP contribution < -0.4 is 9.64 Å². The highest BCUT2D eigenvalue weighted by Crippen LogP contribution is 2.42. The molecule has 1 saturated heterocycles. The summed E-state index contributed by atoms with van der Waals surface area (Å²) in [7, 11) is 0. The Kier molecular flexibility index (Phi) is 4.55. The Bertz CT molecular complexity index is 1010. The van der Waals surface area contributed by atoms with Gasteiger partial charge in [0.05, 0.1) is 23.1 Å². The second-order valence-electron chi connectivity index (χ2n) is 7.05. The molecule has 28 heavy (non-hydrogen) atoms. The van der Waals surface area contributed by atoms with Crippen LogP contribution in [0.2, 0.25) is 0 Å². The van der Waals surface area contributed by atoms with E-state index in [1.165, 1.54) is 24.3 Å². The highest BCUT2D eigenvalue weighted by molar-refractivity contribution is 6.23. The maximum atomic E-state index is 13.9. The molecule has 142 valence electrons. The van der Waals surface area contributed by atoms with Crippen LogP contribution in [0.1, 0.15) is 30.1 Å². The number of amides is 2. The minimum absolute atomic E-state index is 0.0424. The highest BCUT2D eigenvalue weighted by atomic mass is 19.1. The minimum atomic E-state index is -0.889. The Morgan fingerprint density at radius 2 is 1.71 bits per heavy atom. The summed E-state index contributed by atoms with van der Waals surface area (Å²) < 4.78 is 19.2. The van der Waals surface area contributed by atoms with Crippen LogP contribution in [-0.4, -0.2) is 17.8 Å².